The van der Waals surface area contributed by atoms with Gasteiger partial charge in [-0.05, 0) is 49.9 Å². The van der Waals surface area contributed by atoms with Gasteiger partial charge in [-0.15, -0.1) is 0 Å². The normalized spacial score (nSPS) is 21.5. The third kappa shape index (κ3) is 3.58. The minimum Gasteiger partial charge on any atom is -0.378 e. The van der Waals surface area contributed by atoms with Crippen molar-refractivity contribution in [2.45, 2.75) is 32.6 Å². The van der Waals surface area contributed by atoms with Crippen LogP contribution in [0, 0.1) is 6.92 Å². The van der Waals surface area contributed by atoms with Crippen molar-refractivity contribution in [1.82, 2.24) is 4.90 Å². The van der Waals surface area contributed by atoms with Crippen molar-refractivity contribution in [1.29, 1.82) is 0 Å². The van der Waals surface area contributed by atoms with Crippen LogP contribution in [0.3, 0.4) is 0 Å². The number of ether oxygens (including phenoxy) is 1. The summed E-state index contributed by atoms with van der Waals surface area (Å²) in [5.41, 5.74) is 3.70. The van der Waals surface area contributed by atoms with Crippen molar-refractivity contribution in [3.8, 4) is 0 Å². The van der Waals surface area contributed by atoms with Crippen LogP contribution in [0.5, 0.6) is 0 Å². The van der Waals surface area contributed by atoms with E-state index >= 15 is 0 Å². The second kappa shape index (κ2) is 7.72. The SMILES string of the molecule is Cc1cc(N2CCCCC2=O)ccc1N1CCC=C(N2CCOCC2)C1=O. The number of anilines is 2. The van der Waals surface area contributed by atoms with E-state index in [1.807, 2.05) is 34.9 Å². The molecule has 0 atom stereocenters. The number of carbonyl (C=O) groups excluding carboxylic acids is 2. The third-order valence-electron chi connectivity index (χ3n) is 5.61. The Kier molecular flexibility index (Phi) is 5.16. The molecule has 6 heteroatoms. The molecule has 0 aromatic heterocycles. The first kappa shape index (κ1) is 18.0. The second-order valence-corrected chi connectivity index (χ2v) is 7.41. The van der Waals surface area contributed by atoms with Gasteiger partial charge in [0.15, 0.2) is 0 Å². The number of aryl methyl sites for hydroxylation is 1. The number of morpholine rings is 1. The lowest BCUT2D eigenvalue weighted by Gasteiger charge is -2.36. The molecule has 0 spiro atoms. The molecule has 0 aliphatic carbocycles. The fourth-order valence-electron chi connectivity index (χ4n) is 4.15. The van der Waals surface area contributed by atoms with Crippen molar-refractivity contribution in [2.24, 2.45) is 0 Å². The summed E-state index contributed by atoms with van der Waals surface area (Å²) in [6, 6.07) is 6.01. The number of nitrogens with zero attached hydrogens (tertiary/aromatic N) is 3. The van der Waals surface area contributed by atoms with E-state index < -0.39 is 0 Å². The van der Waals surface area contributed by atoms with Gasteiger partial charge in [-0.3, -0.25) is 9.59 Å². The molecule has 1 aromatic carbocycles. The molecule has 1 aromatic rings. The Hall–Kier alpha value is -2.34. The van der Waals surface area contributed by atoms with E-state index in [0.29, 0.717) is 26.2 Å². The average Bonchev–Trinajstić information content (AvgIpc) is 2.69. The maximum Gasteiger partial charge on any atom is 0.274 e. The zero-order valence-electron chi connectivity index (χ0n) is 15.9. The Labute approximate surface area is 160 Å². The molecule has 2 saturated heterocycles. The Balaban J connectivity index is 1.55. The van der Waals surface area contributed by atoms with Gasteiger partial charge >= 0.3 is 0 Å². The quantitative estimate of drug-likeness (QED) is 0.821. The van der Waals surface area contributed by atoms with Crippen LogP contribution in [0.1, 0.15) is 31.2 Å². The van der Waals surface area contributed by atoms with Crippen LogP contribution in [0.4, 0.5) is 11.4 Å². The molecular weight excluding hydrogens is 342 g/mol. The summed E-state index contributed by atoms with van der Waals surface area (Å²) >= 11 is 0. The molecule has 2 fully saturated rings. The Morgan fingerprint density at radius 2 is 1.78 bits per heavy atom. The maximum absolute atomic E-state index is 13.1. The van der Waals surface area contributed by atoms with Gasteiger partial charge < -0.3 is 19.4 Å². The van der Waals surface area contributed by atoms with E-state index in [-0.39, 0.29) is 11.8 Å². The van der Waals surface area contributed by atoms with Crippen molar-refractivity contribution < 1.29 is 14.3 Å². The first-order valence-corrected chi connectivity index (χ1v) is 9.91. The highest BCUT2D eigenvalue weighted by molar-refractivity contribution is 6.06. The Morgan fingerprint density at radius 3 is 2.52 bits per heavy atom. The van der Waals surface area contributed by atoms with Crippen LogP contribution in [0.25, 0.3) is 0 Å². The largest absolute Gasteiger partial charge is 0.378 e. The predicted octanol–water partition coefficient (Wildman–Crippen LogP) is 2.46. The van der Waals surface area contributed by atoms with Crippen molar-refractivity contribution in [3.63, 3.8) is 0 Å². The van der Waals surface area contributed by atoms with Gasteiger partial charge in [0.1, 0.15) is 0 Å². The van der Waals surface area contributed by atoms with E-state index in [4.69, 9.17) is 4.74 Å². The molecule has 0 radical (unpaired) electrons. The summed E-state index contributed by atoms with van der Waals surface area (Å²) in [6.45, 7) is 6.36. The van der Waals surface area contributed by atoms with Crippen LogP contribution in [0.15, 0.2) is 30.0 Å². The third-order valence-corrected chi connectivity index (χ3v) is 5.61. The number of benzene rings is 1. The fourth-order valence-corrected chi connectivity index (χ4v) is 4.15. The van der Waals surface area contributed by atoms with Crippen LogP contribution in [0.2, 0.25) is 0 Å². The van der Waals surface area contributed by atoms with Gasteiger partial charge in [0, 0.05) is 44.0 Å². The van der Waals surface area contributed by atoms with Crippen molar-refractivity contribution in [2.75, 3.05) is 49.2 Å². The summed E-state index contributed by atoms with van der Waals surface area (Å²) < 4.78 is 5.41. The molecule has 2 amide bonds. The molecule has 0 unspecified atom stereocenters. The number of rotatable bonds is 3. The van der Waals surface area contributed by atoms with E-state index in [2.05, 4.69) is 11.0 Å². The summed E-state index contributed by atoms with van der Waals surface area (Å²) in [7, 11) is 0. The minimum absolute atomic E-state index is 0.0630. The number of piperidine rings is 1. The zero-order chi connectivity index (χ0) is 18.8. The standard InChI is InChI=1S/C21H27N3O3/c1-16-15-17(23-9-3-2-6-20(23)25)7-8-18(16)24-10-4-5-19(21(24)26)22-11-13-27-14-12-22/h5,7-8,15H,2-4,6,9-14H2,1H3. The molecule has 6 nitrogen and oxygen atoms in total. The molecule has 144 valence electrons. The fraction of sp³-hybridized carbons (Fsp3) is 0.524. The molecule has 27 heavy (non-hydrogen) atoms. The lowest BCUT2D eigenvalue weighted by atomic mass is 10.1. The summed E-state index contributed by atoms with van der Waals surface area (Å²) in [5, 5.41) is 0. The van der Waals surface area contributed by atoms with Crippen molar-refractivity contribution in [3.05, 3.63) is 35.5 Å². The molecule has 3 aliphatic heterocycles. The van der Waals surface area contributed by atoms with Crippen LogP contribution in [-0.4, -0.2) is 56.1 Å². The van der Waals surface area contributed by atoms with Gasteiger partial charge in [-0.1, -0.05) is 6.08 Å². The van der Waals surface area contributed by atoms with Crippen LogP contribution < -0.4 is 9.80 Å². The maximum atomic E-state index is 13.1. The minimum atomic E-state index is 0.0630. The summed E-state index contributed by atoms with van der Waals surface area (Å²) in [6.07, 6.45) is 5.56. The van der Waals surface area contributed by atoms with Gasteiger partial charge in [0.2, 0.25) is 5.91 Å². The Morgan fingerprint density at radius 1 is 0.963 bits per heavy atom. The smallest absolute Gasteiger partial charge is 0.274 e. The number of hydrogen-bond donors (Lipinski definition) is 0. The lowest BCUT2D eigenvalue weighted by Crippen LogP contribution is -2.45. The molecule has 0 N–H and O–H groups in total. The van der Waals surface area contributed by atoms with E-state index in [0.717, 1.165) is 61.5 Å². The first-order valence-electron chi connectivity index (χ1n) is 9.91. The Bertz CT molecular complexity index is 768. The van der Waals surface area contributed by atoms with Crippen LogP contribution in [-0.2, 0) is 14.3 Å². The van der Waals surface area contributed by atoms with Crippen LogP contribution >= 0.6 is 0 Å². The van der Waals surface area contributed by atoms with E-state index in [1.54, 1.807) is 0 Å². The van der Waals surface area contributed by atoms with Gasteiger partial charge in [-0.25, -0.2) is 0 Å². The lowest BCUT2D eigenvalue weighted by molar-refractivity contribution is -0.119. The number of amides is 2. The second-order valence-electron chi connectivity index (χ2n) is 7.41. The molecule has 3 heterocycles. The summed E-state index contributed by atoms with van der Waals surface area (Å²) in [5.74, 6) is 0.257. The highest BCUT2D eigenvalue weighted by atomic mass is 16.5. The molecule has 0 bridgehead atoms. The zero-order valence-corrected chi connectivity index (χ0v) is 15.9. The van der Waals surface area contributed by atoms with Gasteiger partial charge in [0.25, 0.3) is 5.91 Å². The van der Waals surface area contributed by atoms with E-state index in [1.165, 1.54) is 0 Å². The average molecular weight is 369 g/mol. The molecule has 3 aliphatic rings. The number of hydrogen-bond acceptors (Lipinski definition) is 4. The van der Waals surface area contributed by atoms with E-state index in [9.17, 15) is 9.59 Å². The molecular formula is C21H27N3O3. The first-order chi connectivity index (χ1) is 13.1. The molecule has 4 rings (SSSR count). The predicted molar refractivity (Wildman–Crippen MR) is 105 cm³/mol. The van der Waals surface area contributed by atoms with Gasteiger partial charge in [0.05, 0.1) is 18.9 Å². The van der Waals surface area contributed by atoms with Gasteiger partial charge in [-0.2, -0.15) is 0 Å². The summed E-state index contributed by atoms with van der Waals surface area (Å²) in [4.78, 5) is 31.2. The number of carbonyl (C=O) groups is 2. The van der Waals surface area contributed by atoms with Crippen molar-refractivity contribution >= 4 is 23.2 Å². The molecule has 0 saturated carbocycles. The topological polar surface area (TPSA) is 53.1 Å². The highest BCUT2D eigenvalue weighted by Gasteiger charge is 2.29. The highest BCUT2D eigenvalue weighted by Crippen LogP contribution is 2.30. The monoisotopic (exact) mass is 369 g/mol.